The van der Waals surface area contributed by atoms with Crippen LogP contribution in [0.15, 0.2) is 4.79 Å². The summed E-state index contributed by atoms with van der Waals surface area (Å²) in [4.78, 5) is 19.2. The largest absolute Gasteiger partial charge is 0.310 e. The fourth-order valence-corrected chi connectivity index (χ4v) is 2.53. The number of hydrogen-bond donors (Lipinski definition) is 1. The molecule has 0 saturated heterocycles. The minimum absolute atomic E-state index is 0.0253. The van der Waals surface area contributed by atoms with Gasteiger partial charge in [-0.3, -0.25) is 4.79 Å². The van der Waals surface area contributed by atoms with Crippen LogP contribution >= 0.6 is 0 Å². The van der Waals surface area contributed by atoms with Crippen LogP contribution in [0.1, 0.15) is 62.5 Å². The quantitative estimate of drug-likeness (QED) is 0.811. The zero-order valence-electron chi connectivity index (χ0n) is 11.3. The summed E-state index contributed by atoms with van der Waals surface area (Å²) in [6.45, 7) is 8.38. The molecule has 3 nitrogen and oxygen atoms in total. The van der Waals surface area contributed by atoms with Crippen LogP contribution in [0.3, 0.4) is 0 Å². The standard InChI is InChI=1S/C14H22N2O/c1-9-10(2)15-12(16-13(9)17)11-5-7-14(3,4)8-6-11/h11H,5-8H2,1-4H3,(H,15,16,17). The SMILES string of the molecule is Cc1nc(C2CCC(C)(C)CC2)[nH]c(=O)c1C. The monoisotopic (exact) mass is 234 g/mol. The second kappa shape index (κ2) is 4.28. The lowest BCUT2D eigenvalue weighted by atomic mass is 9.73. The maximum atomic E-state index is 11.7. The van der Waals surface area contributed by atoms with Crippen molar-refractivity contribution in [2.24, 2.45) is 5.41 Å². The molecule has 1 saturated carbocycles. The molecule has 1 heterocycles. The van der Waals surface area contributed by atoms with Crippen molar-refractivity contribution in [1.29, 1.82) is 0 Å². The molecule has 0 unspecified atom stereocenters. The summed E-state index contributed by atoms with van der Waals surface area (Å²) in [6.07, 6.45) is 4.71. The third kappa shape index (κ3) is 2.59. The lowest BCUT2D eigenvalue weighted by Gasteiger charge is -2.33. The maximum absolute atomic E-state index is 11.7. The molecule has 0 radical (unpaired) electrons. The third-order valence-corrected chi connectivity index (χ3v) is 4.14. The van der Waals surface area contributed by atoms with Crippen molar-refractivity contribution in [3.63, 3.8) is 0 Å². The highest BCUT2D eigenvalue weighted by molar-refractivity contribution is 5.15. The second-order valence-electron chi connectivity index (χ2n) is 6.10. The molecule has 1 aliphatic rings. The van der Waals surface area contributed by atoms with Crippen molar-refractivity contribution >= 4 is 0 Å². The Morgan fingerprint density at radius 3 is 2.35 bits per heavy atom. The lowest BCUT2D eigenvalue weighted by Crippen LogP contribution is -2.24. The first kappa shape index (κ1) is 12.3. The van der Waals surface area contributed by atoms with E-state index >= 15 is 0 Å². The Hall–Kier alpha value is -1.12. The molecule has 0 bridgehead atoms. The van der Waals surface area contributed by atoms with E-state index in [0.29, 0.717) is 11.3 Å². The fourth-order valence-electron chi connectivity index (χ4n) is 2.53. The third-order valence-electron chi connectivity index (χ3n) is 4.14. The highest BCUT2D eigenvalue weighted by atomic mass is 16.1. The van der Waals surface area contributed by atoms with Gasteiger partial charge in [-0.05, 0) is 44.9 Å². The number of aromatic amines is 1. The molecule has 1 aliphatic carbocycles. The minimum atomic E-state index is 0.0253. The van der Waals surface area contributed by atoms with E-state index in [-0.39, 0.29) is 5.56 Å². The van der Waals surface area contributed by atoms with Gasteiger partial charge in [0.2, 0.25) is 0 Å². The predicted molar refractivity (Wildman–Crippen MR) is 69.3 cm³/mol. The van der Waals surface area contributed by atoms with Crippen molar-refractivity contribution in [1.82, 2.24) is 9.97 Å². The Bertz CT molecular complexity index is 464. The van der Waals surface area contributed by atoms with Crippen molar-refractivity contribution in [2.45, 2.75) is 59.3 Å². The van der Waals surface area contributed by atoms with Crippen LogP contribution in [0.2, 0.25) is 0 Å². The molecular formula is C14H22N2O. The molecular weight excluding hydrogens is 212 g/mol. The molecule has 1 N–H and O–H groups in total. The smallest absolute Gasteiger partial charge is 0.254 e. The molecule has 0 aromatic carbocycles. The van der Waals surface area contributed by atoms with Crippen molar-refractivity contribution in [2.75, 3.05) is 0 Å². The van der Waals surface area contributed by atoms with Crippen LogP contribution in [-0.4, -0.2) is 9.97 Å². The van der Waals surface area contributed by atoms with Gasteiger partial charge in [0.1, 0.15) is 5.82 Å². The molecule has 94 valence electrons. The Morgan fingerprint density at radius 2 is 1.82 bits per heavy atom. The van der Waals surface area contributed by atoms with Gasteiger partial charge in [-0.1, -0.05) is 13.8 Å². The zero-order valence-corrected chi connectivity index (χ0v) is 11.3. The maximum Gasteiger partial charge on any atom is 0.254 e. The molecule has 17 heavy (non-hydrogen) atoms. The Balaban J connectivity index is 2.22. The van der Waals surface area contributed by atoms with E-state index in [1.54, 1.807) is 0 Å². The highest BCUT2D eigenvalue weighted by Gasteiger charge is 2.28. The Labute approximate surface area is 103 Å². The molecule has 1 aromatic rings. The van der Waals surface area contributed by atoms with E-state index in [0.717, 1.165) is 29.9 Å². The van der Waals surface area contributed by atoms with Gasteiger partial charge >= 0.3 is 0 Å². The summed E-state index contributed by atoms with van der Waals surface area (Å²) >= 11 is 0. The van der Waals surface area contributed by atoms with E-state index in [2.05, 4.69) is 23.8 Å². The fraction of sp³-hybridized carbons (Fsp3) is 0.714. The number of nitrogens with zero attached hydrogens (tertiary/aromatic N) is 1. The summed E-state index contributed by atoms with van der Waals surface area (Å²) < 4.78 is 0. The minimum Gasteiger partial charge on any atom is -0.310 e. The average Bonchev–Trinajstić information content (AvgIpc) is 2.25. The van der Waals surface area contributed by atoms with Crippen LogP contribution < -0.4 is 5.56 Å². The molecule has 1 aromatic heterocycles. The van der Waals surface area contributed by atoms with Crippen LogP contribution in [0, 0.1) is 19.3 Å². The van der Waals surface area contributed by atoms with E-state index in [1.165, 1.54) is 12.8 Å². The van der Waals surface area contributed by atoms with E-state index in [1.807, 2.05) is 13.8 Å². The summed E-state index contributed by atoms with van der Waals surface area (Å²) in [6, 6.07) is 0. The van der Waals surface area contributed by atoms with Crippen LogP contribution in [0.4, 0.5) is 0 Å². The molecule has 0 spiro atoms. The van der Waals surface area contributed by atoms with Crippen LogP contribution in [-0.2, 0) is 0 Å². The number of aryl methyl sites for hydroxylation is 1. The molecule has 1 fully saturated rings. The van der Waals surface area contributed by atoms with Gasteiger partial charge in [-0.25, -0.2) is 4.98 Å². The van der Waals surface area contributed by atoms with Gasteiger partial charge < -0.3 is 4.98 Å². The molecule has 0 atom stereocenters. The summed E-state index contributed by atoms with van der Waals surface area (Å²) in [5.41, 5.74) is 2.09. The Morgan fingerprint density at radius 1 is 1.24 bits per heavy atom. The van der Waals surface area contributed by atoms with Crippen molar-refractivity contribution in [3.05, 3.63) is 27.4 Å². The lowest BCUT2D eigenvalue weighted by molar-refractivity contribution is 0.220. The number of aromatic nitrogens is 2. The average molecular weight is 234 g/mol. The van der Waals surface area contributed by atoms with Crippen molar-refractivity contribution in [3.8, 4) is 0 Å². The van der Waals surface area contributed by atoms with Crippen molar-refractivity contribution < 1.29 is 0 Å². The zero-order chi connectivity index (χ0) is 12.6. The molecule has 3 heteroatoms. The summed E-state index contributed by atoms with van der Waals surface area (Å²) in [5, 5.41) is 0. The first-order valence-corrected chi connectivity index (χ1v) is 6.46. The number of H-pyrrole nitrogens is 1. The second-order valence-corrected chi connectivity index (χ2v) is 6.10. The van der Waals surface area contributed by atoms with Gasteiger partial charge in [0.15, 0.2) is 0 Å². The van der Waals surface area contributed by atoms with E-state index in [9.17, 15) is 4.79 Å². The van der Waals surface area contributed by atoms with Gasteiger partial charge in [-0.15, -0.1) is 0 Å². The molecule has 2 rings (SSSR count). The number of hydrogen-bond acceptors (Lipinski definition) is 2. The predicted octanol–water partition coefficient (Wildman–Crippen LogP) is 3.07. The van der Waals surface area contributed by atoms with Gasteiger partial charge in [-0.2, -0.15) is 0 Å². The Kier molecular flexibility index (Phi) is 3.11. The molecule has 0 amide bonds. The van der Waals surface area contributed by atoms with Gasteiger partial charge in [0, 0.05) is 17.2 Å². The summed E-state index contributed by atoms with van der Waals surface area (Å²) in [5.74, 6) is 1.34. The van der Waals surface area contributed by atoms with Crippen LogP contribution in [0.25, 0.3) is 0 Å². The van der Waals surface area contributed by atoms with Gasteiger partial charge in [0.05, 0.1) is 0 Å². The topological polar surface area (TPSA) is 45.8 Å². The van der Waals surface area contributed by atoms with Crippen LogP contribution in [0.5, 0.6) is 0 Å². The van der Waals surface area contributed by atoms with E-state index in [4.69, 9.17) is 0 Å². The highest BCUT2D eigenvalue weighted by Crippen LogP contribution is 2.41. The summed E-state index contributed by atoms with van der Waals surface area (Å²) in [7, 11) is 0. The van der Waals surface area contributed by atoms with Gasteiger partial charge in [0.25, 0.3) is 5.56 Å². The number of nitrogens with one attached hydrogen (secondary N) is 1. The molecule has 0 aliphatic heterocycles. The first-order chi connectivity index (χ1) is 7.89. The normalized spacial score (nSPS) is 20.5. The first-order valence-electron chi connectivity index (χ1n) is 6.46. The number of rotatable bonds is 1. The van der Waals surface area contributed by atoms with E-state index < -0.39 is 0 Å².